The SMILES string of the molecule is COc1ccccc1C1(O)CCN(CC(C)(C)CN2CCN(C)CC2)CC1. The van der Waals surface area contributed by atoms with E-state index in [9.17, 15) is 5.11 Å². The van der Waals surface area contributed by atoms with Crippen molar-refractivity contribution in [2.75, 3.05) is 66.5 Å². The lowest BCUT2D eigenvalue weighted by Crippen LogP contribution is -2.51. The maximum absolute atomic E-state index is 11.2. The predicted octanol–water partition coefficient (Wildman–Crippen LogP) is 2.25. The molecule has 0 radical (unpaired) electrons. The van der Waals surface area contributed by atoms with Gasteiger partial charge in [-0.15, -0.1) is 0 Å². The minimum atomic E-state index is -0.773. The van der Waals surface area contributed by atoms with Crippen LogP contribution in [0, 0.1) is 5.41 Å². The molecule has 2 aliphatic heterocycles. The number of para-hydroxylation sites is 1. The van der Waals surface area contributed by atoms with Crippen molar-refractivity contribution in [3.8, 4) is 5.75 Å². The van der Waals surface area contributed by atoms with Gasteiger partial charge in [-0.2, -0.15) is 0 Å². The summed E-state index contributed by atoms with van der Waals surface area (Å²) in [6.07, 6.45) is 1.52. The monoisotopic (exact) mass is 375 g/mol. The number of piperazine rings is 1. The molecule has 5 nitrogen and oxygen atoms in total. The van der Waals surface area contributed by atoms with Gasteiger partial charge in [-0.3, -0.25) is 0 Å². The molecule has 5 heteroatoms. The van der Waals surface area contributed by atoms with Crippen molar-refractivity contribution < 1.29 is 9.84 Å². The molecule has 2 fully saturated rings. The highest BCUT2D eigenvalue weighted by molar-refractivity contribution is 5.38. The highest BCUT2D eigenvalue weighted by Gasteiger charge is 2.37. The largest absolute Gasteiger partial charge is 0.496 e. The average Bonchev–Trinajstić information content (AvgIpc) is 2.65. The van der Waals surface area contributed by atoms with E-state index in [1.807, 2.05) is 24.3 Å². The Hall–Kier alpha value is -1.14. The molecule has 2 heterocycles. The van der Waals surface area contributed by atoms with E-state index in [-0.39, 0.29) is 5.41 Å². The summed E-state index contributed by atoms with van der Waals surface area (Å²) in [5.74, 6) is 0.795. The van der Waals surface area contributed by atoms with Gasteiger partial charge in [-0.05, 0) is 31.4 Å². The Kier molecular flexibility index (Phi) is 6.46. The third kappa shape index (κ3) is 5.23. The summed E-state index contributed by atoms with van der Waals surface area (Å²) in [5, 5.41) is 11.2. The number of piperidine rings is 1. The van der Waals surface area contributed by atoms with Gasteiger partial charge in [0.15, 0.2) is 0 Å². The topological polar surface area (TPSA) is 39.2 Å². The second kappa shape index (κ2) is 8.48. The number of methoxy groups -OCH3 is 1. The van der Waals surface area contributed by atoms with Crippen molar-refractivity contribution in [3.05, 3.63) is 29.8 Å². The van der Waals surface area contributed by atoms with Gasteiger partial charge in [0.1, 0.15) is 5.75 Å². The number of rotatable bonds is 6. The van der Waals surface area contributed by atoms with Gasteiger partial charge in [-0.1, -0.05) is 32.0 Å². The van der Waals surface area contributed by atoms with Crippen LogP contribution in [-0.4, -0.2) is 86.3 Å². The first-order valence-corrected chi connectivity index (χ1v) is 10.3. The highest BCUT2D eigenvalue weighted by atomic mass is 16.5. The average molecular weight is 376 g/mol. The van der Waals surface area contributed by atoms with Gasteiger partial charge < -0.3 is 24.5 Å². The zero-order valence-corrected chi connectivity index (χ0v) is 17.6. The van der Waals surface area contributed by atoms with E-state index < -0.39 is 5.60 Å². The minimum absolute atomic E-state index is 0.260. The van der Waals surface area contributed by atoms with Crippen molar-refractivity contribution in [3.63, 3.8) is 0 Å². The van der Waals surface area contributed by atoms with Crippen molar-refractivity contribution in [1.82, 2.24) is 14.7 Å². The Labute approximate surface area is 164 Å². The van der Waals surface area contributed by atoms with E-state index in [0.29, 0.717) is 0 Å². The zero-order valence-electron chi connectivity index (χ0n) is 17.6. The summed E-state index contributed by atoms with van der Waals surface area (Å²) in [6, 6.07) is 7.90. The number of benzene rings is 1. The fourth-order valence-electron chi connectivity index (χ4n) is 4.65. The smallest absolute Gasteiger partial charge is 0.124 e. The summed E-state index contributed by atoms with van der Waals surface area (Å²) in [4.78, 5) is 7.54. The first kappa shape index (κ1) is 20.6. The van der Waals surface area contributed by atoms with Crippen LogP contribution in [0.15, 0.2) is 24.3 Å². The number of likely N-dealkylation sites (tertiary alicyclic amines) is 1. The van der Waals surface area contributed by atoms with Crippen LogP contribution < -0.4 is 4.74 Å². The van der Waals surface area contributed by atoms with Crippen LogP contribution >= 0.6 is 0 Å². The van der Waals surface area contributed by atoms with Gasteiger partial charge in [-0.25, -0.2) is 0 Å². The van der Waals surface area contributed by atoms with Gasteiger partial charge in [0.25, 0.3) is 0 Å². The number of hydrogen-bond donors (Lipinski definition) is 1. The predicted molar refractivity (Wildman–Crippen MR) is 110 cm³/mol. The van der Waals surface area contributed by atoms with Gasteiger partial charge >= 0.3 is 0 Å². The lowest BCUT2D eigenvalue weighted by atomic mass is 9.82. The third-order valence-electron chi connectivity index (χ3n) is 6.19. The minimum Gasteiger partial charge on any atom is -0.496 e. The quantitative estimate of drug-likeness (QED) is 0.826. The van der Waals surface area contributed by atoms with E-state index in [1.54, 1.807) is 7.11 Å². The number of ether oxygens (including phenoxy) is 1. The van der Waals surface area contributed by atoms with Crippen LogP contribution in [0.4, 0.5) is 0 Å². The zero-order chi connectivity index (χ0) is 19.5. The number of nitrogens with zero attached hydrogens (tertiary/aromatic N) is 3. The number of hydrogen-bond acceptors (Lipinski definition) is 5. The maximum Gasteiger partial charge on any atom is 0.124 e. The van der Waals surface area contributed by atoms with Crippen LogP contribution in [0.3, 0.4) is 0 Å². The third-order valence-corrected chi connectivity index (χ3v) is 6.19. The van der Waals surface area contributed by atoms with Crippen LogP contribution in [0.1, 0.15) is 32.3 Å². The summed E-state index contributed by atoms with van der Waals surface area (Å²) in [5.41, 5.74) is 0.421. The molecule has 2 aliphatic rings. The van der Waals surface area contributed by atoms with Crippen LogP contribution in [0.5, 0.6) is 5.75 Å². The molecule has 0 spiro atoms. The Morgan fingerprint density at radius 3 is 2.11 bits per heavy atom. The Morgan fingerprint density at radius 1 is 0.963 bits per heavy atom. The molecule has 0 saturated carbocycles. The molecular weight excluding hydrogens is 338 g/mol. The molecule has 0 bridgehead atoms. The van der Waals surface area contributed by atoms with Crippen molar-refractivity contribution in [2.45, 2.75) is 32.3 Å². The van der Waals surface area contributed by atoms with Crippen molar-refractivity contribution in [1.29, 1.82) is 0 Å². The molecule has 27 heavy (non-hydrogen) atoms. The molecule has 1 aromatic carbocycles. The van der Waals surface area contributed by atoms with Crippen LogP contribution in [0.25, 0.3) is 0 Å². The molecule has 1 aromatic rings. The molecule has 2 saturated heterocycles. The first-order chi connectivity index (χ1) is 12.8. The van der Waals surface area contributed by atoms with Gasteiger partial charge in [0.2, 0.25) is 0 Å². The lowest BCUT2D eigenvalue weighted by molar-refractivity contribution is -0.0365. The second-order valence-corrected chi connectivity index (χ2v) is 9.25. The van der Waals surface area contributed by atoms with Crippen molar-refractivity contribution >= 4 is 0 Å². The summed E-state index contributed by atoms with van der Waals surface area (Å²) in [6.45, 7) is 13.5. The van der Waals surface area contributed by atoms with Crippen LogP contribution in [-0.2, 0) is 5.60 Å². The number of likely N-dealkylation sites (N-methyl/N-ethyl adjacent to an activating group) is 1. The van der Waals surface area contributed by atoms with E-state index in [1.165, 1.54) is 26.2 Å². The fourth-order valence-corrected chi connectivity index (χ4v) is 4.65. The Morgan fingerprint density at radius 2 is 1.52 bits per heavy atom. The van der Waals surface area contributed by atoms with Crippen LogP contribution in [0.2, 0.25) is 0 Å². The molecule has 0 aromatic heterocycles. The number of aliphatic hydroxyl groups is 1. The summed E-state index contributed by atoms with van der Waals surface area (Å²) >= 11 is 0. The molecule has 0 aliphatic carbocycles. The Bertz CT molecular complexity index is 603. The fraction of sp³-hybridized carbons (Fsp3) is 0.727. The Balaban J connectivity index is 1.54. The van der Waals surface area contributed by atoms with Gasteiger partial charge in [0, 0.05) is 57.9 Å². The molecular formula is C22H37N3O2. The molecule has 152 valence electrons. The maximum atomic E-state index is 11.2. The normalized spacial score (nSPS) is 22.7. The molecule has 1 N–H and O–H groups in total. The summed E-state index contributed by atoms with van der Waals surface area (Å²) < 4.78 is 5.48. The van der Waals surface area contributed by atoms with E-state index in [2.05, 4.69) is 35.6 Å². The molecule has 0 atom stereocenters. The lowest BCUT2D eigenvalue weighted by Gasteiger charge is -2.43. The van der Waals surface area contributed by atoms with E-state index >= 15 is 0 Å². The highest BCUT2D eigenvalue weighted by Crippen LogP contribution is 2.38. The molecule has 0 unspecified atom stereocenters. The first-order valence-electron chi connectivity index (χ1n) is 10.3. The van der Waals surface area contributed by atoms with E-state index in [0.717, 1.165) is 50.3 Å². The van der Waals surface area contributed by atoms with E-state index in [4.69, 9.17) is 4.74 Å². The van der Waals surface area contributed by atoms with Crippen molar-refractivity contribution in [2.24, 2.45) is 5.41 Å². The second-order valence-electron chi connectivity index (χ2n) is 9.25. The molecule has 0 amide bonds. The summed E-state index contributed by atoms with van der Waals surface area (Å²) in [7, 11) is 3.89. The standard InChI is InChI=1S/C22H37N3O2/c1-21(2,18-25-15-13-23(3)14-16-25)17-24-11-9-22(26,10-12-24)19-7-5-6-8-20(19)27-4/h5-8,26H,9-18H2,1-4H3. The molecule has 3 rings (SSSR count). The van der Waals surface area contributed by atoms with Gasteiger partial charge in [0.05, 0.1) is 12.7 Å².